The molecule has 2 aromatic heterocycles. The molecule has 2 fully saturated rings. The molecular formula is C29H33N5O2. The van der Waals surface area contributed by atoms with Crippen LogP contribution in [0, 0.1) is 5.92 Å². The fourth-order valence-electron chi connectivity index (χ4n) is 5.01. The van der Waals surface area contributed by atoms with Gasteiger partial charge in [0.15, 0.2) is 11.4 Å². The number of aromatic nitrogens is 2. The number of piperazine rings is 1. The minimum absolute atomic E-state index is 0.0555. The quantitative estimate of drug-likeness (QED) is 0.361. The highest BCUT2D eigenvalue weighted by Crippen LogP contribution is 2.32. The van der Waals surface area contributed by atoms with Crippen LogP contribution in [0.2, 0.25) is 0 Å². The predicted molar refractivity (Wildman–Crippen MR) is 142 cm³/mol. The average molecular weight is 484 g/mol. The Balaban J connectivity index is 1.13. The minimum atomic E-state index is -0.285. The summed E-state index contributed by atoms with van der Waals surface area (Å²) >= 11 is 0. The van der Waals surface area contributed by atoms with Gasteiger partial charge in [0, 0.05) is 50.9 Å². The van der Waals surface area contributed by atoms with E-state index < -0.39 is 0 Å². The lowest BCUT2D eigenvalue weighted by Crippen LogP contribution is -2.46. The van der Waals surface area contributed by atoms with Crippen molar-refractivity contribution in [2.24, 2.45) is 5.92 Å². The fraction of sp³-hybridized carbons (Fsp3) is 0.379. The lowest BCUT2D eigenvalue weighted by Gasteiger charge is -2.34. The van der Waals surface area contributed by atoms with Crippen LogP contribution in [-0.2, 0) is 6.54 Å². The second-order valence-corrected chi connectivity index (χ2v) is 10.1. The molecule has 0 amide bonds. The third-order valence-electron chi connectivity index (χ3n) is 7.33. The van der Waals surface area contributed by atoms with Gasteiger partial charge in [-0.25, -0.2) is 9.97 Å². The summed E-state index contributed by atoms with van der Waals surface area (Å²) in [5.41, 5.74) is 4.65. The molecule has 7 nitrogen and oxygen atoms in total. The second kappa shape index (κ2) is 10.4. The van der Waals surface area contributed by atoms with E-state index in [1.165, 1.54) is 44.4 Å². The summed E-state index contributed by atoms with van der Waals surface area (Å²) in [6.07, 6.45) is 4.38. The van der Waals surface area contributed by atoms with E-state index in [9.17, 15) is 5.11 Å². The zero-order valence-electron chi connectivity index (χ0n) is 20.5. The van der Waals surface area contributed by atoms with Gasteiger partial charge in [-0.05, 0) is 29.9 Å². The molecule has 2 N–H and O–H groups in total. The van der Waals surface area contributed by atoms with Crippen molar-refractivity contribution in [1.82, 2.24) is 19.8 Å². The number of hydrogen-bond acceptors (Lipinski definition) is 7. The standard InChI is InChI=1S/C29H33N5O2/c35-19-26(23-4-2-1-3-5-23)32-29-28-25(30-20-31-29)16-27(36-28)24-10-8-22(9-11-24)18-34-14-12-33(13-15-34)17-21-6-7-21/h1-5,8-11,16,20-21,26,35H,6-7,12-15,17-19H2,(H,30,31,32). The Labute approximate surface area is 211 Å². The first kappa shape index (κ1) is 23.2. The van der Waals surface area contributed by atoms with E-state index in [1.54, 1.807) is 0 Å². The molecule has 3 heterocycles. The minimum Gasteiger partial charge on any atom is -0.450 e. The maximum absolute atomic E-state index is 9.95. The Bertz CT molecular complexity index is 1280. The Hall–Kier alpha value is -3.26. The molecule has 0 radical (unpaired) electrons. The first-order valence-electron chi connectivity index (χ1n) is 13.0. The highest BCUT2D eigenvalue weighted by Gasteiger charge is 2.26. The molecule has 1 aliphatic heterocycles. The van der Waals surface area contributed by atoms with Crippen LogP contribution >= 0.6 is 0 Å². The maximum atomic E-state index is 9.95. The van der Waals surface area contributed by atoms with Crippen molar-refractivity contribution < 1.29 is 9.52 Å². The normalized spacial score (nSPS) is 17.9. The summed E-state index contributed by atoms with van der Waals surface area (Å²) in [4.78, 5) is 14.0. The number of nitrogens with zero attached hydrogens (tertiary/aromatic N) is 4. The molecule has 36 heavy (non-hydrogen) atoms. The average Bonchev–Trinajstić information content (AvgIpc) is 3.63. The highest BCUT2D eigenvalue weighted by atomic mass is 16.3. The summed E-state index contributed by atoms with van der Waals surface area (Å²) in [5, 5.41) is 13.3. The Morgan fingerprint density at radius 1 is 0.944 bits per heavy atom. The first-order valence-corrected chi connectivity index (χ1v) is 13.0. The van der Waals surface area contributed by atoms with Gasteiger partial charge in [0.25, 0.3) is 0 Å². The number of rotatable bonds is 9. The summed E-state index contributed by atoms with van der Waals surface area (Å²) in [7, 11) is 0. The second-order valence-electron chi connectivity index (χ2n) is 10.1. The van der Waals surface area contributed by atoms with E-state index in [0.29, 0.717) is 11.4 Å². The van der Waals surface area contributed by atoms with Gasteiger partial charge in [-0.3, -0.25) is 4.90 Å². The van der Waals surface area contributed by atoms with Crippen molar-refractivity contribution in [3.63, 3.8) is 0 Å². The van der Waals surface area contributed by atoms with Crippen molar-refractivity contribution in [2.75, 3.05) is 44.6 Å². The molecule has 0 bridgehead atoms. The van der Waals surface area contributed by atoms with Crippen molar-refractivity contribution >= 4 is 16.9 Å². The van der Waals surface area contributed by atoms with Gasteiger partial charge in [-0.1, -0.05) is 54.6 Å². The SMILES string of the molecule is OCC(Nc1ncnc2cc(-c3ccc(CN4CCN(CC5CC5)CC4)cc3)oc12)c1ccccc1. The van der Waals surface area contributed by atoms with Crippen LogP contribution in [0.15, 0.2) is 71.4 Å². The molecule has 1 saturated carbocycles. The van der Waals surface area contributed by atoms with E-state index in [-0.39, 0.29) is 12.6 Å². The Kier molecular flexibility index (Phi) is 6.68. The van der Waals surface area contributed by atoms with Gasteiger partial charge in [-0.15, -0.1) is 0 Å². The van der Waals surface area contributed by atoms with Crippen molar-refractivity contribution in [3.05, 3.63) is 78.1 Å². The van der Waals surface area contributed by atoms with Gasteiger partial charge < -0.3 is 19.7 Å². The van der Waals surface area contributed by atoms with Crippen LogP contribution in [-0.4, -0.2) is 64.2 Å². The number of furan rings is 1. The van der Waals surface area contributed by atoms with Crippen LogP contribution < -0.4 is 5.32 Å². The lowest BCUT2D eigenvalue weighted by atomic mass is 10.1. The third-order valence-corrected chi connectivity index (χ3v) is 7.33. The molecule has 1 saturated heterocycles. The highest BCUT2D eigenvalue weighted by molar-refractivity contribution is 5.87. The van der Waals surface area contributed by atoms with E-state index in [4.69, 9.17) is 4.42 Å². The lowest BCUT2D eigenvalue weighted by molar-refractivity contribution is 0.123. The van der Waals surface area contributed by atoms with Crippen molar-refractivity contribution in [2.45, 2.75) is 25.4 Å². The predicted octanol–water partition coefficient (Wildman–Crippen LogP) is 4.56. The molecule has 1 aliphatic carbocycles. The van der Waals surface area contributed by atoms with E-state index in [2.05, 4.69) is 49.4 Å². The maximum Gasteiger partial charge on any atom is 0.195 e. The van der Waals surface area contributed by atoms with E-state index in [1.807, 2.05) is 36.4 Å². The van der Waals surface area contributed by atoms with Crippen LogP contribution in [0.4, 0.5) is 5.82 Å². The van der Waals surface area contributed by atoms with Crippen LogP contribution in [0.3, 0.4) is 0 Å². The van der Waals surface area contributed by atoms with Gasteiger partial charge >= 0.3 is 0 Å². The monoisotopic (exact) mass is 483 g/mol. The number of aliphatic hydroxyl groups is 1. The molecule has 4 aromatic rings. The number of hydrogen-bond donors (Lipinski definition) is 2. The number of anilines is 1. The van der Waals surface area contributed by atoms with Crippen LogP contribution in [0.1, 0.15) is 30.0 Å². The summed E-state index contributed by atoms with van der Waals surface area (Å²) in [6.45, 7) is 6.89. The molecule has 0 spiro atoms. The molecule has 2 aliphatic rings. The largest absolute Gasteiger partial charge is 0.450 e. The Morgan fingerprint density at radius 2 is 1.69 bits per heavy atom. The third kappa shape index (κ3) is 5.28. The summed E-state index contributed by atoms with van der Waals surface area (Å²) < 4.78 is 6.22. The first-order chi connectivity index (χ1) is 17.7. The molecule has 1 unspecified atom stereocenters. The number of fused-ring (bicyclic) bond motifs is 1. The van der Waals surface area contributed by atoms with Crippen LogP contribution in [0.25, 0.3) is 22.4 Å². The van der Waals surface area contributed by atoms with Gasteiger partial charge in [0.2, 0.25) is 0 Å². The molecule has 2 aromatic carbocycles. The van der Waals surface area contributed by atoms with Crippen LogP contribution in [0.5, 0.6) is 0 Å². The molecule has 7 heteroatoms. The van der Waals surface area contributed by atoms with Crippen molar-refractivity contribution in [1.29, 1.82) is 0 Å². The number of nitrogens with one attached hydrogen (secondary N) is 1. The topological polar surface area (TPSA) is 77.7 Å². The van der Waals surface area contributed by atoms with Gasteiger partial charge in [0.05, 0.1) is 12.6 Å². The van der Waals surface area contributed by atoms with Crippen molar-refractivity contribution in [3.8, 4) is 11.3 Å². The Morgan fingerprint density at radius 3 is 2.42 bits per heavy atom. The number of aliphatic hydroxyl groups excluding tert-OH is 1. The van der Waals surface area contributed by atoms with Gasteiger partial charge in [0.1, 0.15) is 17.6 Å². The number of benzene rings is 2. The zero-order valence-corrected chi connectivity index (χ0v) is 20.5. The zero-order chi connectivity index (χ0) is 24.3. The van der Waals surface area contributed by atoms with E-state index >= 15 is 0 Å². The van der Waals surface area contributed by atoms with E-state index in [0.717, 1.165) is 48.0 Å². The smallest absolute Gasteiger partial charge is 0.195 e. The summed E-state index contributed by atoms with van der Waals surface area (Å²) in [6, 6.07) is 20.1. The fourth-order valence-corrected chi connectivity index (χ4v) is 5.01. The van der Waals surface area contributed by atoms with Gasteiger partial charge in [-0.2, -0.15) is 0 Å². The molecular weight excluding hydrogens is 450 g/mol. The molecule has 6 rings (SSSR count). The summed E-state index contributed by atoms with van der Waals surface area (Å²) in [5.74, 6) is 2.31. The molecule has 1 atom stereocenters. The molecule has 186 valence electrons.